The summed E-state index contributed by atoms with van der Waals surface area (Å²) in [5, 5.41) is 0. The first-order valence-electron chi connectivity index (χ1n) is 6.16. The van der Waals surface area contributed by atoms with Gasteiger partial charge in [-0.2, -0.15) is 0 Å². The van der Waals surface area contributed by atoms with Crippen molar-refractivity contribution in [2.24, 2.45) is 17.6 Å². The second-order valence-corrected chi connectivity index (χ2v) is 4.77. The summed E-state index contributed by atoms with van der Waals surface area (Å²) in [4.78, 5) is 20.2. The average Bonchev–Trinajstić information content (AvgIpc) is 2.37. The van der Waals surface area contributed by atoms with E-state index in [1.807, 2.05) is 0 Å². The predicted octanol–water partition coefficient (Wildman–Crippen LogP) is 1.68. The second-order valence-electron chi connectivity index (χ2n) is 4.77. The third-order valence-electron chi connectivity index (χ3n) is 2.73. The molecule has 0 radical (unpaired) electrons. The van der Waals surface area contributed by atoms with Gasteiger partial charge < -0.3 is 10.5 Å². The van der Waals surface area contributed by atoms with Gasteiger partial charge in [-0.3, -0.25) is 4.79 Å². The van der Waals surface area contributed by atoms with E-state index >= 15 is 0 Å². The minimum atomic E-state index is -0.0592. The minimum Gasteiger partial charge on any atom is -0.479 e. The van der Waals surface area contributed by atoms with Crippen LogP contribution in [0.1, 0.15) is 37.2 Å². The fraction of sp³-hybridized carbons (Fsp3) is 0.615. The van der Waals surface area contributed by atoms with Crippen molar-refractivity contribution in [1.29, 1.82) is 0 Å². The molecule has 0 fully saturated rings. The summed E-state index contributed by atoms with van der Waals surface area (Å²) < 4.78 is 5.04. The van der Waals surface area contributed by atoms with Gasteiger partial charge in [-0.15, -0.1) is 0 Å². The highest BCUT2D eigenvalue weighted by Gasteiger charge is 2.19. The summed E-state index contributed by atoms with van der Waals surface area (Å²) >= 11 is 0. The molecular formula is C13H21N3O2. The molecular weight excluding hydrogens is 230 g/mol. The molecule has 0 saturated heterocycles. The van der Waals surface area contributed by atoms with E-state index in [1.54, 1.807) is 0 Å². The molecule has 0 amide bonds. The molecule has 0 aromatic carbocycles. The number of aromatic nitrogens is 2. The molecule has 18 heavy (non-hydrogen) atoms. The van der Waals surface area contributed by atoms with Crippen LogP contribution in [0.25, 0.3) is 0 Å². The van der Waals surface area contributed by atoms with Crippen molar-refractivity contribution in [3.8, 4) is 5.88 Å². The van der Waals surface area contributed by atoms with E-state index in [2.05, 4.69) is 23.8 Å². The molecule has 0 bridgehead atoms. The SMILES string of the molecule is COc1nccnc1C(=O)CC(CN)CC(C)C. The molecule has 1 unspecified atom stereocenters. The molecule has 5 heteroatoms. The Morgan fingerprint density at radius 3 is 2.61 bits per heavy atom. The minimum absolute atomic E-state index is 0.0592. The first kappa shape index (κ1) is 14.6. The summed E-state index contributed by atoms with van der Waals surface area (Å²) in [6.07, 6.45) is 4.33. The Kier molecular flexibility index (Phi) is 5.71. The van der Waals surface area contributed by atoms with Crippen molar-refractivity contribution in [2.45, 2.75) is 26.7 Å². The lowest BCUT2D eigenvalue weighted by atomic mass is 9.92. The monoisotopic (exact) mass is 251 g/mol. The van der Waals surface area contributed by atoms with E-state index in [4.69, 9.17) is 10.5 Å². The van der Waals surface area contributed by atoms with Crippen LogP contribution in [0.3, 0.4) is 0 Å². The number of carbonyl (C=O) groups is 1. The molecule has 0 aliphatic rings. The van der Waals surface area contributed by atoms with Gasteiger partial charge in [-0.25, -0.2) is 9.97 Å². The molecule has 100 valence electrons. The van der Waals surface area contributed by atoms with E-state index in [9.17, 15) is 4.79 Å². The van der Waals surface area contributed by atoms with Crippen LogP contribution in [0.5, 0.6) is 5.88 Å². The number of Topliss-reactive ketones (excluding diaryl/α,β-unsaturated/α-hetero) is 1. The average molecular weight is 251 g/mol. The van der Waals surface area contributed by atoms with Gasteiger partial charge in [-0.1, -0.05) is 13.8 Å². The van der Waals surface area contributed by atoms with Gasteiger partial charge in [0.05, 0.1) is 7.11 Å². The first-order chi connectivity index (χ1) is 8.58. The van der Waals surface area contributed by atoms with Gasteiger partial charge in [0.25, 0.3) is 0 Å². The number of ether oxygens (including phenoxy) is 1. The summed E-state index contributed by atoms with van der Waals surface area (Å²) in [5.74, 6) is 0.929. The molecule has 0 saturated carbocycles. The molecule has 1 heterocycles. The molecule has 2 N–H and O–H groups in total. The highest BCUT2D eigenvalue weighted by atomic mass is 16.5. The topological polar surface area (TPSA) is 78.1 Å². The number of nitrogens with two attached hydrogens (primary N) is 1. The van der Waals surface area contributed by atoms with Crippen molar-refractivity contribution in [3.05, 3.63) is 18.1 Å². The molecule has 1 aromatic rings. The zero-order valence-electron chi connectivity index (χ0n) is 11.2. The number of ketones is 1. The zero-order valence-corrected chi connectivity index (χ0v) is 11.2. The van der Waals surface area contributed by atoms with Gasteiger partial charge in [0.2, 0.25) is 5.88 Å². The van der Waals surface area contributed by atoms with Gasteiger partial charge >= 0.3 is 0 Å². The Morgan fingerprint density at radius 1 is 1.39 bits per heavy atom. The van der Waals surface area contributed by atoms with Gasteiger partial charge in [0.1, 0.15) is 0 Å². The van der Waals surface area contributed by atoms with E-state index in [0.717, 1.165) is 6.42 Å². The van der Waals surface area contributed by atoms with E-state index in [0.29, 0.717) is 24.6 Å². The predicted molar refractivity (Wildman–Crippen MR) is 69.5 cm³/mol. The molecule has 1 aromatic heterocycles. The van der Waals surface area contributed by atoms with E-state index < -0.39 is 0 Å². The van der Waals surface area contributed by atoms with Crippen molar-refractivity contribution < 1.29 is 9.53 Å². The van der Waals surface area contributed by atoms with Crippen LogP contribution in [0, 0.1) is 11.8 Å². The van der Waals surface area contributed by atoms with Crippen LogP contribution in [0.2, 0.25) is 0 Å². The Balaban J connectivity index is 2.74. The van der Waals surface area contributed by atoms with Crippen LogP contribution in [0.4, 0.5) is 0 Å². The zero-order chi connectivity index (χ0) is 13.5. The largest absolute Gasteiger partial charge is 0.479 e. The molecule has 5 nitrogen and oxygen atoms in total. The number of nitrogens with zero attached hydrogens (tertiary/aromatic N) is 2. The number of carbonyl (C=O) groups excluding carboxylic acids is 1. The van der Waals surface area contributed by atoms with Crippen molar-refractivity contribution in [3.63, 3.8) is 0 Å². The smallest absolute Gasteiger partial charge is 0.243 e. The van der Waals surface area contributed by atoms with Gasteiger partial charge in [-0.05, 0) is 24.8 Å². The summed E-state index contributed by atoms with van der Waals surface area (Å²) in [6, 6.07) is 0. The number of hydrogen-bond acceptors (Lipinski definition) is 5. The van der Waals surface area contributed by atoms with Gasteiger partial charge in [0.15, 0.2) is 11.5 Å². The quantitative estimate of drug-likeness (QED) is 0.746. The Labute approximate surface area is 108 Å². The van der Waals surface area contributed by atoms with Gasteiger partial charge in [0, 0.05) is 18.8 Å². The Morgan fingerprint density at radius 2 is 2.06 bits per heavy atom. The Hall–Kier alpha value is -1.49. The van der Waals surface area contributed by atoms with Crippen molar-refractivity contribution in [2.75, 3.05) is 13.7 Å². The van der Waals surface area contributed by atoms with Crippen LogP contribution in [0.15, 0.2) is 12.4 Å². The fourth-order valence-electron chi connectivity index (χ4n) is 1.95. The van der Waals surface area contributed by atoms with Crippen LogP contribution in [-0.4, -0.2) is 29.4 Å². The highest BCUT2D eigenvalue weighted by molar-refractivity contribution is 5.96. The molecule has 1 atom stereocenters. The molecule has 1 rings (SSSR count). The summed E-state index contributed by atoms with van der Waals surface area (Å²) in [5.41, 5.74) is 5.99. The van der Waals surface area contributed by atoms with E-state index in [1.165, 1.54) is 19.5 Å². The number of rotatable bonds is 7. The fourth-order valence-corrected chi connectivity index (χ4v) is 1.95. The van der Waals surface area contributed by atoms with E-state index in [-0.39, 0.29) is 17.6 Å². The maximum Gasteiger partial charge on any atom is 0.243 e. The van der Waals surface area contributed by atoms with Crippen LogP contribution >= 0.6 is 0 Å². The Bertz CT molecular complexity index is 394. The molecule has 0 aliphatic heterocycles. The third-order valence-corrected chi connectivity index (χ3v) is 2.73. The lowest BCUT2D eigenvalue weighted by Crippen LogP contribution is -2.21. The standard InChI is InChI=1S/C13H21N3O2/c1-9(2)6-10(8-14)7-11(17)12-13(18-3)16-5-4-15-12/h4-5,9-10H,6-8,14H2,1-3H3. The van der Waals surface area contributed by atoms with Crippen LogP contribution < -0.4 is 10.5 Å². The maximum atomic E-state index is 12.1. The van der Waals surface area contributed by atoms with Crippen molar-refractivity contribution in [1.82, 2.24) is 9.97 Å². The van der Waals surface area contributed by atoms with Crippen molar-refractivity contribution >= 4 is 5.78 Å². The molecule has 0 spiro atoms. The normalized spacial score (nSPS) is 12.5. The lowest BCUT2D eigenvalue weighted by molar-refractivity contribution is 0.0948. The summed E-state index contributed by atoms with van der Waals surface area (Å²) in [7, 11) is 1.48. The first-order valence-corrected chi connectivity index (χ1v) is 6.16. The third kappa shape index (κ3) is 4.07. The van der Waals surface area contributed by atoms with Crippen LogP contribution in [-0.2, 0) is 0 Å². The number of methoxy groups -OCH3 is 1. The lowest BCUT2D eigenvalue weighted by Gasteiger charge is -2.16. The molecule has 0 aliphatic carbocycles. The maximum absolute atomic E-state index is 12.1. The highest BCUT2D eigenvalue weighted by Crippen LogP contribution is 2.19. The summed E-state index contributed by atoms with van der Waals surface area (Å²) in [6.45, 7) is 4.75. The second kappa shape index (κ2) is 7.06. The number of hydrogen-bond donors (Lipinski definition) is 1.